The summed E-state index contributed by atoms with van der Waals surface area (Å²) in [7, 11) is 0. The molecule has 0 bridgehead atoms. The maximum absolute atomic E-state index is 9.62. The smallest absolute Gasteiger partial charge is 0.0632 e. The molecule has 156 valence electrons. The highest BCUT2D eigenvalue weighted by Crippen LogP contribution is 2.18. The monoisotopic (exact) mass is 386 g/mol. The molecule has 0 heterocycles. The van der Waals surface area contributed by atoms with E-state index in [2.05, 4.69) is 20.1 Å². The summed E-state index contributed by atoms with van der Waals surface area (Å²) < 4.78 is 11.2. The number of hydrogen-bond acceptors (Lipinski definition) is 6. The molecule has 0 unspecified atom stereocenters. The fourth-order valence-corrected chi connectivity index (χ4v) is 2.42. The number of ether oxygens (including phenoxy) is 2. The van der Waals surface area contributed by atoms with E-state index in [0.717, 1.165) is 51.4 Å². The van der Waals surface area contributed by atoms with Gasteiger partial charge in [-0.2, -0.15) is 0 Å². The Morgan fingerprint density at radius 3 is 1.44 bits per heavy atom. The van der Waals surface area contributed by atoms with Crippen molar-refractivity contribution < 1.29 is 19.7 Å². The summed E-state index contributed by atoms with van der Waals surface area (Å²) in [6, 6.07) is 0. The van der Waals surface area contributed by atoms with Crippen LogP contribution in [0.2, 0.25) is 0 Å². The molecule has 0 aromatic carbocycles. The van der Waals surface area contributed by atoms with E-state index in [9.17, 15) is 10.2 Å². The summed E-state index contributed by atoms with van der Waals surface area (Å²) in [4.78, 5) is 5.42. The molecule has 0 saturated carbocycles. The molecule has 0 aliphatic rings. The quantitative estimate of drug-likeness (QED) is 0.141. The lowest BCUT2D eigenvalue weighted by molar-refractivity contribution is -0.0776. The lowest BCUT2D eigenvalue weighted by Crippen LogP contribution is -2.40. The highest BCUT2D eigenvalue weighted by atomic mass is 16.5. The molecule has 0 saturated heterocycles. The van der Waals surface area contributed by atoms with Gasteiger partial charge in [0.25, 0.3) is 0 Å². The van der Waals surface area contributed by atoms with E-state index in [1.165, 1.54) is 0 Å². The first-order valence-corrected chi connectivity index (χ1v) is 9.63. The van der Waals surface area contributed by atoms with E-state index >= 15 is 0 Å². The van der Waals surface area contributed by atoms with Gasteiger partial charge in [0.15, 0.2) is 0 Å². The Balaban J connectivity index is 3.75. The van der Waals surface area contributed by atoms with Gasteiger partial charge in [0.2, 0.25) is 0 Å². The lowest BCUT2D eigenvalue weighted by Gasteiger charge is -2.29. The zero-order chi connectivity index (χ0) is 20.1. The van der Waals surface area contributed by atoms with Crippen molar-refractivity contribution in [1.29, 1.82) is 0 Å². The van der Waals surface area contributed by atoms with Crippen LogP contribution < -0.4 is 0 Å². The molecule has 10 nitrogen and oxygen atoms in total. The van der Waals surface area contributed by atoms with Crippen LogP contribution in [0.15, 0.2) is 10.2 Å². The molecule has 0 aliphatic carbocycles. The Bertz CT molecular complexity index is 399. The predicted molar refractivity (Wildman–Crippen MR) is 103 cm³/mol. The predicted octanol–water partition coefficient (Wildman–Crippen LogP) is 3.73. The molecular weight excluding hydrogens is 352 g/mol. The third-order valence-corrected chi connectivity index (χ3v) is 4.21. The topological polar surface area (TPSA) is 156 Å². The van der Waals surface area contributed by atoms with Crippen LogP contribution in [0.3, 0.4) is 0 Å². The van der Waals surface area contributed by atoms with Crippen molar-refractivity contribution in [1.82, 2.24) is 0 Å². The van der Waals surface area contributed by atoms with Gasteiger partial charge in [-0.3, -0.25) is 0 Å². The summed E-state index contributed by atoms with van der Waals surface area (Å²) >= 11 is 0. The molecule has 0 fully saturated rings. The van der Waals surface area contributed by atoms with Gasteiger partial charge >= 0.3 is 0 Å². The summed E-state index contributed by atoms with van der Waals surface area (Å²) in [5.41, 5.74) is 15.6. The van der Waals surface area contributed by atoms with Gasteiger partial charge in [0.05, 0.1) is 31.8 Å². The molecule has 0 radical (unpaired) electrons. The van der Waals surface area contributed by atoms with E-state index in [4.69, 9.17) is 20.5 Å². The van der Waals surface area contributed by atoms with E-state index in [0.29, 0.717) is 26.3 Å². The normalized spacial score (nSPS) is 11.0. The minimum Gasteiger partial charge on any atom is -0.396 e. The molecule has 0 aliphatic heterocycles. The van der Waals surface area contributed by atoms with Crippen molar-refractivity contribution in [2.45, 2.75) is 51.4 Å². The van der Waals surface area contributed by atoms with Gasteiger partial charge < -0.3 is 19.7 Å². The first-order valence-electron chi connectivity index (χ1n) is 9.63. The summed E-state index contributed by atoms with van der Waals surface area (Å²) in [6.45, 7) is 2.31. The average molecular weight is 386 g/mol. The fraction of sp³-hybridized carbons (Fsp3) is 1.00. The molecule has 0 amide bonds. The number of aliphatic hydroxyl groups excluding tert-OH is 2. The Morgan fingerprint density at radius 2 is 1.07 bits per heavy atom. The van der Waals surface area contributed by atoms with Crippen molar-refractivity contribution in [2.24, 2.45) is 15.6 Å². The minimum absolute atomic E-state index is 0.193. The molecule has 0 rings (SSSR count). The van der Waals surface area contributed by atoms with Crippen LogP contribution in [-0.2, 0) is 9.47 Å². The summed E-state index contributed by atoms with van der Waals surface area (Å²) in [5, 5.41) is 26.2. The second-order valence-corrected chi connectivity index (χ2v) is 6.66. The zero-order valence-electron chi connectivity index (χ0n) is 16.2. The number of aliphatic hydroxyl groups is 2. The molecule has 0 atom stereocenters. The largest absolute Gasteiger partial charge is 0.396 e. The van der Waals surface area contributed by atoms with Crippen molar-refractivity contribution in [3.05, 3.63) is 20.9 Å². The Morgan fingerprint density at radius 1 is 0.667 bits per heavy atom. The second-order valence-electron chi connectivity index (χ2n) is 6.66. The standard InChI is InChI=1S/C17H34N6O4/c18-22-20-9-5-1-3-7-11-26-15-17(13-24,14-25)16-27-12-8-4-2-6-10-21-23-19/h24-25H,1-16H2. The van der Waals surface area contributed by atoms with E-state index in [-0.39, 0.29) is 26.4 Å². The second kappa shape index (κ2) is 19.2. The van der Waals surface area contributed by atoms with Crippen LogP contribution in [0.25, 0.3) is 20.9 Å². The zero-order valence-corrected chi connectivity index (χ0v) is 16.2. The fourth-order valence-electron chi connectivity index (χ4n) is 2.42. The summed E-state index contributed by atoms with van der Waals surface area (Å²) in [5.74, 6) is 0. The maximum atomic E-state index is 9.62. The highest BCUT2D eigenvalue weighted by Gasteiger charge is 2.29. The Labute approximate surface area is 161 Å². The molecule has 0 spiro atoms. The highest BCUT2D eigenvalue weighted by molar-refractivity contribution is 4.77. The van der Waals surface area contributed by atoms with Gasteiger partial charge in [-0.1, -0.05) is 35.9 Å². The molecule has 10 heteroatoms. The van der Waals surface area contributed by atoms with Crippen LogP contribution in [0.1, 0.15) is 51.4 Å². The minimum atomic E-state index is -0.775. The van der Waals surface area contributed by atoms with E-state index in [1.807, 2.05) is 0 Å². The van der Waals surface area contributed by atoms with Crippen molar-refractivity contribution in [3.8, 4) is 0 Å². The SMILES string of the molecule is [N-]=[N+]=NCCCCCCOCC(CO)(CO)COCCCCCCN=[N+]=[N-]. The first-order chi connectivity index (χ1) is 13.2. The Kier molecular flexibility index (Phi) is 18.1. The van der Waals surface area contributed by atoms with Crippen LogP contribution in [-0.4, -0.2) is 62.9 Å². The van der Waals surface area contributed by atoms with Crippen LogP contribution in [0.5, 0.6) is 0 Å². The lowest BCUT2D eigenvalue weighted by atomic mass is 9.92. The van der Waals surface area contributed by atoms with Gasteiger partial charge in [0.1, 0.15) is 0 Å². The van der Waals surface area contributed by atoms with Crippen LogP contribution >= 0.6 is 0 Å². The van der Waals surface area contributed by atoms with Crippen LogP contribution in [0.4, 0.5) is 0 Å². The van der Waals surface area contributed by atoms with Gasteiger partial charge in [0, 0.05) is 36.1 Å². The third-order valence-electron chi connectivity index (χ3n) is 4.21. The molecule has 27 heavy (non-hydrogen) atoms. The van der Waals surface area contributed by atoms with Crippen molar-refractivity contribution in [3.63, 3.8) is 0 Å². The number of hydrogen-bond donors (Lipinski definition) is 2. The number of azide groups is 2. The third kappa shape index (κ3) is 15.2. The van der Waals surface area contributed by atoms with Crippen molar-refractivity contribution in [2.75, 3.05) is 52.7 Å². The average Bonchev–Trinajstić information content (AvgIpc) is 2.70. The molecule has 2 N–H and O–H groups in total. The van der Waals surface area contributed by atoms with Crippen molar-refractivity contribution >= 4 is 0 Å². The van der Waals surface area contributed by atoms with Crippen LogP contribution in [0, 0.1) is 5.41 Å². The molecule has 0 aromatic heterocycles. The van der Waals surface area contributed by atoms with E-state index < -0.39 is 5.41 Å². The maximum Gasteiger partial charge on any atom is 0.0632 e. The number of nitrogens with zero attached hydrogens (tertiary/aromatic N) is 6. The summed E-state index contributed by atoms with van der Waals surface area (Å²) in [6.07, 6.45) is 7.48. The first kappa shape index (κ1) is 25.5. The van der Waals surface area contributed by atoms with E-state index in [1.54, 1.807) is 0 Å². The molecule has 0 aromatic rings. The Hall–Kier alpha value is -1.54. The number of rotatable bonds is 20. The number of unbranched alkanes of at least 4 members (excludes halogenated alkanes) is 6. The molecular formula is C17H34N6O4. The van der Waals surface area contributed by atoms with Gasteiger partial charge in [-0.05, 0) is 36.7 Å². The van der Waals surface area contributed by atoms with Gasteiger partial charge in [-0.25, -0.2) is 0 Å². The van der Waals surface area contributed by atoms with Gasteiger partial charge in [-0.15, -0.1) is 0 Å².